The van der Waals surface area contributed by atoms with Crippen molar-refractivity contribution in [2.24, 2.45) is 16.3 Å². The summed E-state index contributed by atoms with van der Waals surface area (Å²) in [5, 5.41) is 24.6. The number of nitrogens with one attached hydrogen (secondary N) is 1. The first-order valence-electron chi connectivity index (χ1n) is 9.60. The van der Waals surface area contributed by atoms with E-state index in [-0.39, 0.29) is 47.2 Å². The fourth-order valence-electron chi connectivity index (χ4n) is 3.30. The number of rotatable bonds is 9. The second kappa shape index (κ2) is 9.98. The lowest BCUT2D eigenvalue weighted by Gasteiger charge is -2.53. The number of carbonyl (C=O) groups excluding carboxylic acids is 2. The van der Waals surface area contributed by atoms with E-state index in [1.165, 1.54) is 46.9 Å². The SMILES string of the molecule is CON=C(C(=O)NC1C(=O)N2CC(CSc3nnc(CN)s3)(C(=O)O)CS[C@H]12)c1nsc(N)n1. The Morgan fingerprint density at radius 2 is 2.24 bits per heavy atom. The van der Waals surface area contributed by atoms with Crippen molar-refractivity contribution in [3.63, 3.8) is 0 Å². The molecule has 2 amide bonds. The highest BCUT2D eigenvalue weighted by molar-refractivity contribution is 8.01. The Morgan fingerprint density at radius 1 is 1.44 bits per heavy atom. The molecule has 2 aromatic heterocycles. The van der Waals surface area contributed by atoms with E-state index in [9.17, 15) is 19.5 Å². The highest BCUT2D eigenvalue weighted by Crippen LogP contribution is 2.44. The number of hydrogen-bond donors (Lipinski definition) is 4. The van der Waals surface area contributed by atoms with Crippen LogP contribution in [0, 0.1) is 5.41 Å². The zero-order valence-electron chi connectivity index (χ0n) is 17.5. The van der Waals surface area contributed by atoms with Gasteiger partial charge >= 0.3 is 5.97 Å². The van der Waals surface area contributed by atoms with Crippen LogP contribution in [-0.2, 0) is 25.8 Å². The molecule has 18 heteroatoms. The van der Waals surface area contributed by atoms with Crippen LogP contribution in [0.5, 0.6) is 0 Å². The fourth-order valence-corrected chi connectivity index (χ4v) is 7.37. The topological polar surface area (TPSA) is 212 Å². The maximum Gasteiger partial charge on any atom is 0.313 e. The van der Waals surface area contributed by atoms with Gasteiger partial charge in [-0.1, -0.05) is 28.3 Å². The number of β-lactam (4-membered cyclic amide) rings is 1. The Hall–Kier alpha value is -2.54. The van der Waals surface area contributed by atoms with Crippen LogP contribution in [0.3, 0.4) is 0 Å². The number of carboxylic acids is 1. The zero-order valence-corrected chi connectivity index (χ0v) is 20.8. The third kappa shape index (κ3) is 4.67. The normalized spacial score (nSPS) is 24.4. The number of amides is 2. The standard InChI is InChI=1S/C16H19N9O5S4/c1-30-23-7(9-20-14(18)34-24-9)10(26)19-8-11(27)25-3-16(13(28)29,4-31-12(8)25)5-32-15-22-21-6(2-17)33-15/h8,12H,2-5,17H2,1H3,(H,19,26)(H,28,29)(H2,18,20,24)/t8?,12-,16?/m1/s1. The summed E-state index contributed by atoms with van der Waals surface area (Å²) in [6, 6.07) is -0.842. The molecule has 0 spiro atoms. The van der Waals surface area contributed by atoms with Crippen LogP contribution >= 0.6 is 46.4 Å². The molecular formula is C16H19N9O5S4. The van der Waals surface area contributed by atoms with Gasteiger partial charge in [-0.3, -0.25) is 14.4 Å². The molecule has 34 heavy (non-hydrogen) atoms. The van der Waals surface area contributed by atoms with Gasteiger partial charge in [0.05, 0.1) is 0 Å². The molecule has 14 nitrogen and oxygen atoms in total. The molecule has 0 aliphatic carbocycles. The van der Waals surface area contributed by atoms with Gasteiger partial charge < -0.3 is 31.6 Å². The van der Waals surface area contributed by atoms with Crippen molar-refractivity contribution in [1.82, 2.24) is 29.8 Å². The summed E-state index contributed by atoms with van der Waals surface area (Å²) in [5.74, 6) is -1.64. The maximum absolute atomic E-state index is 12.8. The summed E-state index contributed by atoms with van der Waals surface area (Å²) >= 11 is 4.77. The first-order valence-corrected chi connectivity index (χ1v) is 13.2. The first-order chi connectivity index (χ1) is 16.3. The first kappa shape index (κ1) is 24.6. The lowest BCUT2D eigenvalue weighted by Crippen LogP contribution is -2.74. The number of fused-ring (bicyclic) bond motifs is 1. The highest BCUT2D eigenvalue weighted by Gasteiger charge is 2.57. The smallest absolute Gasteiger partial charge is 0.313 e. The highest BCUT2D eigenvalue weighted by atomic mass is 32.2. The van der Waals surface area contributed by atoms with Crippen molar-refractivity contribution in [2.45, 2.75) is 22.3 Å². The van der Waals surface area contributed by atoms with Crippen LogP contribution < -0.4 is 16.8 Å². The second-order valence-corrected chi connectivity index (χ2v) is 11.4. The van der Waals surface area contributed by atoms with Gasteiger partial charge in [-0.2, -0.15) is 9.36 Å². The predicted octanol–water partition coefficient (Wildman–Crippen LogP) is -0.956. The molecule has 182 valence electrons. The van der Waals surface area contributed by atoms with E-state index >= 15 is 0 Å². The molecule has 2 aliphatic heterocycles. The average Bonchev–Trinajstić information content (AvgIpc) is 3.47. The zero-order chi connectivity index (χ0) is 24.5. The van der Waals surface area contributed by atoms with Crippen LogP contribution in [0.2, 0.25) is 0 Å². The summed E-state index contributed by atoms with van der Waals surface area (Å²) in [7, 11) is 1.26. The molecule has 4 rings (SSSR count). The van der Waals surface area contributed by atoms with Crippen molar-refractivity contribution in [3.05, 3.63) is 10.8 Å². The van der Waals surface area contributed by atoms with Gasteiger partial charge in [-0.15, -0.1) is 22.0 Å². The number of anilines is 1. The van der Waals surface area contributed by atoms with E-state index in [4.69, 9.17) is 16.3 Å². The van der Waals surface area contributed by atoms with Gasteiger partial charge in [0.15, 0.2) is 9.47 Å². The lowest BCUT2D eigenvalue weighted by atomic mass is 9.89. The van der Waals surface area contributed by atoms with Crippen LogP contribution in [0.15, 0.2) is 9.50 Å². The lowest BCUT2D eigenvalue weighted by molar-refractivity contribution is -0.157. The van der Waals surface area contributed by atoms with Gasteiger partial charge in [-0.25, -0.2) is 0 Å². The number of nitrogens with zero attached hydrogens (tertiary/aromatic N) is 6. The number of aliphatic carboxylic acids is 1. The summed E-state index contributed by atoms with van der Waals surface area (Å²) < 4.78 is 4.57. The summed E-state index contributed by atoms with van der Waals surface area (Å²) in [6.45, 7) is 0.280. The molecule has 6 N–H and O–H groups in total. The van der Waals surface area contributed by atoms with Gasteiger partial charge in [-0.05, 0) is 0 Å². The van der Waals surface area contributed by atoms with Crippen molar-refractivity contribution in [2.75, 3.05) is 30.9 Å². The number of nitrogens with two attached hydrogens (primary N) is 2. The molecule has 3 atom stereocenters. The van der Waals surface area contributed by atoms with Crippen molar-refractivity contribution >= 4 is 75.0 Å². The van der Waals surface area contributed by atoms with E-state index in [0.717, 1.165) is 11.5 Å². The van der Waals surface area contributed by atoms with Crippen LogP contribution in [-0.4, -0.2) is 89.6 Å². The summed E-state index contributed by atoms with van der Waals surface area (Å²) in [5.41, 5.74) is 9.74. The molecule has 2 saturated heterocycles. The molecule has 0 saturated carbocycles. The van der Waals surface area contributed by atoms with E-state index in [1.807, 2.05) is 0 Å². The van der Waals surface area contributed by atoms with E-state index in [1.54, 1.807) is 0 Å². The van der Waals surface area contributed by atoms with Gasteiger partial charge in [0.2, 0.25) is 17.4 Å². The van der Waals surface area contributed by atoms with Gasteiger partial charge in [0.25, 0.3) is 5.91 Å². The number of oxime groups is 1. The minimum atomic E-state index is -1.17. The molecule has 4 heterocycles. The van der Waals surface area contributed by atoms with Crippen LogP contribution in [0.4, 0.5) is 5.13 Å². The van der Waals surface area contributed by atoms with Gasteiger partial charge in [0, 0.05) is 36.1 Å². The minimum absolute atomic E-state index is 0.0156. The molecule has 2 fully saturated rings. The number of nitrogen functional groups attached to an aromatic ring is 1. The number of hydrogen-bond acceptors (Lipinski definition) is 15. The van der Waals surface area contributed by atoms with Crippen LogP contribution in [0.1, 0.15) is 10.8 Å². The molecule has 0 bridgehead atoms. The number of aromatic nitrogens is 4. The van der Waals surface area contributed by atoms with E-state index < -0.39 is 28.7 Å². The number of thioether (sulfide) groups is 2. The largest absolute Gasteiger partial charge is 0.481 e. The second-order valence-electron chi connectivity index (χ2n) is 7.24. The molecule has 2 aliphatic rings. The third-order valence-electron chi connectivity index (χ3n) is 5.03. The Kier molecular flexibility index (Phi) is 7.22. The molecular weight excluding hydrogens is 527 g/mol. The Bertz CT molecular complexity index is 1140. The molecule has 2 unspecified atom stereocenters. The van der Waals surface area contributed by atoms with E-state index in [0.29, 0.717) is 9.35 Å². The number of carbonyl (C=O) groups is 3. The summed E-state index contributed by atoms with van der Waals surface area (Å²) in [4.78, 5) is 47.9. The Morgan fingerprint density at radius 3 is 2.85 bits per heavy atom. The number of carboxylic acid groups (broad SMARTS) is 1. The maximum atomic E-state index is 12.8. The molecule has 0 aromatic carbocycles. The molecule has 2 aromatic rings. The van der Waals surface area contributed by atoms with Crippen molar-refractivity contribution in [1.29, 1.82) is 0 Å². The minimum Gasteiger partial charge on any atom is -0.481 e. The van der Waals surface area contributed by atoms with Crippen molar-refractivity contribution < 1.29 is 24.3 Å². The fraction of sp³-hybridized carbons (Fsp3) is 0.500. The van der Waals surface area contributed by atoms with Crippen molar-refractivity contribution in [3.8, 4) is 0 Å². The van der Waals surface area contributed by atoms with Crippen LogP contribution in [0.25, 0.3) is 0 Å². The molecule has 0 radical (unpaired) electrons. The van der Waals surface area contributed by atoms with Gasteiger partial charge in [0.1, 0.15) is 28.9 Å². The third-order valence-corrected chi connectivity index (χ3v) is 9.53. The predicted molar refractivity (Wildman–Crippen MR) is 126 cm³/mol. The summed E-state index contributed by atoms with van der Waals surface area (Å²) in [6.07, 6.45) is 0. The van der Waals surface area contributed by atoms with E-state index in [2.05, 4.69) is 30.0 Å². The Labute approximate surface area is 209 Å². The Balaban J connectivity index is 1.41. The quantitative estimate of drug-likeness (QED) is 0.130. The average molecular weight is 546 g/mol. The monoisotopic (exact) mass is 545 g/mol.